The Morgan fingerprint density at radius 3 is 2.44 bits per heavy atom. The predicted octanol–water partition coefficient (Wildman–Crippen LogP) is 2.65. The molecule has 0 aliphatic heterocycles. The van der Waals surface area contributed by atoms with Gasteiger partial charge in [0.05, 0.1) is 6.61 Å². The molecule has 2 aromatic rings. The fourth-order valence-electron chi connectivity index (χ4n) is 1.56. The highest BCUT2D eigenvalue weighted by Crippen LogP contribution is 2.22. The summed E-state index contributed by atoms with van der Waals surface area (Å²) >= 11 is 0. The lowest BCUT2D eigenvalue weighted by molar-refractivity contribution is 0.0663. The van der Waals surface area contributed by atoms with Gasteiger partial charge in [0.15, 0.2) is 0 Å². The van der Waals surface area contributed by atoms with Gasteiger partial charge in [-0.1, -0.05) is 36.4 Å². The van der Waals surface area contributed by atoms with Crippen molar-refractivity contribution < 1.29 is 19.4 Å². The first kappa shape index (κ1) is 12.1. The monoisotopic (exact) mass is 244 g/mol. The van der Waals surface area contributed by atoms with Gasteiger partial charge < -0.3 is 14.6 Å². The highest BCUT2D eigenvalue weighted by molar-refractivity contribution is 5.85. The zero-order valence-corrected chi connectivity index (χ0v) is 9.54. The molecule has 0 saturated carbocycles. The van der Waals surface area contributed by atoms with Gasteiger partial charge in [-0.25, -0.2) is 4.79 Å². The van der Waals surface area contributed by atoms with Crippen LogP contribution >= 0.6 is 0 Å². The fraction of sp³-hybridized carbons (Fsp3) is 0.0714. The Morgan fingerprint density at radius 2 is 1.89 bits per heavy atom. The number of carboxylic acids is 1. The molecule has 0 spiro atoms. The van der Waals surface area contributed by atoms with Crippen LogP contribution < -0.4 is 0 Å². The van der Waals surface area contributed by atoms with E-state index in [0.717, 1.165) is 11.1 Å². The Labute approximate surface area is 104 Å². The molecule has 0 bridgehead atoms. The largest absolute Gasteiger partial charge is 0.475 e. The zero-order valence-electron chi connectivity index (χ0n) is 9.54. The van der Waals surface area contributed by atoms with Crippen molar-refractivity contribution in [3.8, 4) is 11.3 Å². The summed E-state index contributed by atoms with van der Waals surface area (Å²) in [5.41, 5.74) is 1.77. The Kier molecular flexibility index (Phi) is 3.60. The molecule has 2 rings (SSSR count). The molecule has 0 atom stereocenters. The van der Waals surface area contributed by atoms with Crippen molar-refractivity contribution in [2.75, 3.05) is 6.61 Å². The van der Waals surface area contributed by atoms with E-state index in [1.807, 2.05) is 24.3 Å². The lowest BCUT2D eigenvalue weighted by atomic mass is 10.1. The van der Waals surface area contributed by atoms with Crippen LogP contribution in [0.4, 0.5) is 0 Å². The van der Waals surface area contributed by atoms with Crippen LogP contribution in [0.25, 0.3) is 17.4 Å². The summed E-state index contributed by atoms with van der Waals surface area (Å²) in [6, 6.07) is 10.5. The van der Waals surface area contributed by atoms with Gasteiger partial charge in [0.2, 0.25) is 5.76 Å². The van der Waals surface area contributed by atoms with E-state index in [1.165, 1.54) is 6.07 Å². The summed E-state index contributed by atoms with van der Waals surface area (Å²) in [7, 11) is 0. The van der Waals surface area contributed by atoms with Gasteiger partial charge in [0, 0.05) is 5.56 Å². The highest BCUT2D eigenvalue weighted by atomic mass is 16.4. The molecule has 0 fully saturated rings. The molecule has 0 amide bonds. The van der Waals surface area contributed by atoms with Crippen LogP contribution in [-0.4, -0.2) is 22.8 Å². The minimum atomic E-state index is -1.08. The number of benzene rings is 1. The number of aromatic carboxylic acids is 1. The maximum absolute atomic E-state index is 10.7. The molecular weight excluding hydrogens is 232 g/mol. The third-order valence-corrected chi connectivity index (χ3v) is 2.43. The number of rotatable bonds is 4. The summed E-state index contributed by atoms with van der Waals surface area (Å²) in [5, 5.41) is 17.4. The predicted molar refractivity (Wildman–Crippen MR) is 67.2 cm³/mol. The number of hydrogen-bond acceptors (Lipinski definition) is 3. The molecular formula is C14H12O4. The van der Waals surface area contributed by atoms with E-state index in [9.17, 15) is 4.79 Å². The van der Waals surface area contributed by atoms with Gasteiger partial charge in [-0.3, -0.25) is 0 Å². The second-order valence-electron chi connectivity index (χ2n) is 3.68. The van der Waals surface area contributed by atoms with Crippen LogP contribution in [0.1, 0.15) is 16.1 Å². The van der Waals surface area contributed by atoms with Crippen molar-refractivity contribution in [1.82, 2.24) is 0 Å². The van der Waals surface area contributed by atoms with E-state index in [2.05, 4.69) is 0 Å². The fourth-order valence-corrected chi connectivity index (χ4v) is 1.56. The quantitative estimate of drug-likeness (QED) is 0.867. The second kappa shape index (κ2) is 5.33. The molecule has 0 radical (unpaired) electrons. The topological polar surface area (TPSA) is 70.7 Å². The maximum Gasteiger partial charge on any atom is 0.371 e. The standard InChI is InChI=1S/C14H12O4/c15-9-1-2-10-3-5-11(6-4-10)12-7-8-13(18-12)14(16)17/h1-8,15H,9H2,(H,16,17). The molecule has 1 aromatic carbocycles. The Hall–Kier alpha value is -2.33. The summed E-state index contributed by atoms with van der Waals surface area (Å²) < 4.78 is 5.19. The van der Waals surface area contributed by atoms with Crippen molar-refractivity contribution in [3.05, 3.63) is 53.8 Å². The Bertz CT molecular complexity index is 564. The number of carbonyl (C=O) groups is 1. The van der Waals surface area contributed by atoms with Gasteiger partial charge in [-0.2, -0.15) is 0 Å². The zero-order chi connectivity index (χ0) is 13.0. The Balaban J connectivity index is 2.23. The van der Waals surface area contributed by atoms with Crippen LogP contribution in [0.5, 0.6) is 0 Å². The Morgan fingerprint density at radius 1 is 1.17 bits per heavy atom. The first-order valence-corrected chi connectivity index (χ1v) is 5.41. The SMILES string of the molecule is O=C(O)c1ccc(-c2ccc(C=CCO)cc2)o1. The normalized spacial score (nSPS) is 10.9. The third-order valence-electron chi connectivity index (χ3n) is 2.43. The van der Waals surface area contributed by atoms with Crippen molar-refractivity contribution >= 4 is 12.0 Å². The van der Waals surface area contributed by atoms with E-state index in [-0.39, 0.29) is 12.4 Å². The van der Waals surface area contributed by atoms with Crippen molar-refractivity contribution in [3.63, 3.8) is 0 Å². The highest BCUT2D eigenvalue weighted by Gasteiger charge is 2.09. The number of hydrogen-bond donors (Lipinski definition) is 2. The molecule has 4 heteroatoms. The van der Waals surface area contributed by atoms with Crippen LogP contribution in [0.3, 0.4) is 0 Å². The van der Waals surface area contributed by atoms with Crippen LogP contribution in [0, 0.1) is 0 Å². The minimum Gasteiger partial charge on any atom is -0.475 e. The minimum absolute atomic E-state index is 0.00189. The van der Waals surface area contributed by atoms with Crippen LogP contribution in [-0.2, 0) is 0 Å². The van der Waals surface area contributed by atoms with Crippen molar-refractivity contribution in [1.29, 1.82) is 0 Å². The van der Waals surface area contributed by atoms with Gasteiger partial charge >= 0.3 is 5.97 Å². The lowest BCUT2D eigenvalue weighted by Gasteiger charge is -1.98. The number of aliphatic hydroxyl groups is 1. The number of furan rings is 1. The first-order valence-electron chi connectivity index (χ1n) is 5.41. The number of carboxylic acid groups (broad SMARTS) is 1. The maximum atomic E-state index is 10.7. The molecule has 2 N–H and O–H groups in total. The van der Waals surface area contributed by atoms with Gasteiger partial charge in [-0.15, -0.1) is 0 Å². The molecule has 4 nitrogen and oxygen atoms in total. The average molecular weight is 244 g/mol. The molecule has 0 aliphatic carbocycles. The molecule has 92 valence electrons. The molecule has 1 aromatic heterocycles. The van der Waals surface area contributed by atoms with Crippen molar-refractivity contribution in [2.24, 2.45) is 0 Å². The number of aliphatic hydroxyl groups excluding tert-OH is 1. The summed E-state index contributed by atoms with van der Waals surface area (Å²) in [5.74, 6) is -0.636. The lowest BCUT2D eigenvalue weighted by Crippen LogP contribution is -1.91. The molecule has 0 aliphatic rings. The average Bonchev–Trinajstić information content (AvgIpc) is 2.87. The van der Waals surface area contributed by atoms with Gasteiger partial charge in [-0.05, 0) is 17.7 Å². The first-order chi connectivity index (χ1) is 8.70. The van der Waals surface area contributed by atoms with E-state index >= 15 is 0 Å². The van der Waals surface area contributed by atoms with E-state index < -0.39 is 5.97 Å². The molecule has 0 saturated heterocycles. The molecule has 1 heterocycles. The van der Waals surface area contributed by atoms with Crippen LogP contribution in [0.15, 0.2) is 46.9 Å². The van der Waals surface area contributed by atoms with E-state index in [1.54, 1.807) is 18.2 Å². The summed E-state index contributed by atoms with van der Waals surface area (Å²) in [6.07, 6.45) is 3.44. The smallest absolute Gasteiger partial charge is 0.371 e. The van der Waals surface area contributed by atoms with Crippen molar-refractivity contribution in [2.45, 2.75) is 0 Å². The summed E-state index contributed by atoms with van der Waals surface area (Å²) in [6.45, 7) is 0.00189. The third kappa shape index (κ3) is 2.67. The molecule has 18 heavy (non-hydrogen) atoms. The van der Waals surface area contributed by atoms with Gasteiger partial charge in [0.25, 0.3) is 0 Å². The van der Waals surface area contributed by atoms with E-state index in [4.69, 9.17) is 14.6 Å². The van der Waals surface area contributed by atoms with Crippen LogP contribution in [0.2, 0.25) is 0 Å². The summed E-state index contributed by atoms with van der Waals surface area (Å²) in [4.78, 5) is 10.7. The molecule has 0 unspecified atom stereocenters. The van der Waals surface area contributed by atoms with E-state index in [0.29, 0.717) is 5.76 Å². The van der Waals surface area contributed by atoms with Gasteiger partial charge in [0.1, 0.15) is 5.76 Å². The second-order valence-corrected chi connectivity index (χ2v) is 3.68.